The van der Waals surface area contributed by atoms with Gasteiger partial charge in [0.25, 0.3) is 11.8 Å². The summed E-state index contributed by atoms with van der Waals surface area (Å²) in [6.07, 6.45) is 0. The van der Waals surface area contributed by atoms with Gasteiger partial charge in [0, 0.05) is 18.7 Å². The Balaban J connectivity index is 1.40. The maximum Gasteiger partial charge on any atom is 0.337 e. The van der Waals surface area contributed by atoms with Crippen LogP contribution in [0, 0.1) is 11.3 Å². The van der Waals surface area contributed by atoms with Gasteiger partial charge in [-0.25, -0.2) is 4.79 Å². The van der Waals surface area contributed by atoms with Gasteiger partial charge in [0.15, 0.2) is 0 Å². The first-order valence-corrected chi connectivity index (χ1v) is 11.4. The van der Waals surface area contributed by atoms with Crippen LogP contribution in [0.15, 0.2) is 65.2 Å². The van der Waals surface area contributed by atoms with E-state index >= 15 is 0 Å². The monoisotopic (exact) mass is 496 g/mol. The number of nitrogens with one attached hydrogen (secondary N) is 1. The number of carbonyl (C=O) groups excluding carboxylic acids is 2. The van der Waals surface area contributed by atoms with E-state index in [0.717, 1.165) is 11.1 Å². The second-order valence-electron chi connectivity index (χ2n) is 8.36. The molecule has 0 bridgehead atoms. The van der Waals surface area contributed by atoms with Gasteiger partial charge in [-0.15, -0.1) is 0 Å². The third-order valence-electron chi connectivity index (χ3n) is 6.07. The summed E-state index contributed by atoms with van der Waals surface area (Å²) >= 11 is 0. The van der Waals surface area contributed by atoms with Crippen molar-refractivity contribution in [1.29, 1.82) is 5.26 Å². The fraction of sp³-hybridized carbons (Fsp3) is 0.148. The zero-order chi connectivity index (χ0) is 25.9. The molecule has 0 radical (unpaired) electrons. The van der Waals surface area contributed by atoms with Crippen LogP contribution < -0.4 is 5.32 Å². The maximum atomic E-state index is 13.0. The number of carboxylic acids is 1. The van der Waals surface area contributed by atoms with Crippen LogP contribution in [0.5, 0.6) is 0 Å². The van der Waals surface area contributed by atoms with Crippen LogP contribution >= 0.6 is 0 Å². The first-order chi connectivity index (χ1) is 17.9. The molecule has 10 heteroatoms. The molecule has 0 atom stereocenters. The van der Waals surface area contributed by atoms with E-state index < -0.39 is 11.9 Å². The van der Waals surface area contributed by atoms with Gasteiger partial charge in [-0.2, -0.15) is 5.26 Å². The van der Waals surface area contributed by atoms with Gasteiger partial charge in [0.05, 0.1) is 41.5 Å². The number of carboxylic acid groups (broad SMARTS) is 1. The molecule has 2 amide bonds. The van der Waals surface area contributed by atoms with Crippen molar-refractivity contribution in [2.24, 2.45) is 0 Å². The van der Waals surface area contributed by atoms with E-state index in [9.17, 15) is 19.5 Å². The van der Waals surface area contributed by atoms with E-state index in [4.69, 9.17) is 14.5 Å². The molecule has 1 saturated heterocycles. The Bertz CT molecular complexity index is 1560. The summed E-state index contributed by atoms with van der Waals surface area (Å²) in [7, 11) is 0. The van der Waals surface area contributed by atoms with E-state index in [2.05, 4.69) is 10.5 Å². The molecule has 0 aliphatic carbocycles. The molecule has 0 saturated carbocycles. The minimum absolute atomic E-state index is 0.0257. The van der Waals surface area contributed by atoms with Crippen LogP contribution in [0.25, 0.3) is 22.0 Å². The van der Waals surface area contributed by atoms with Crippen molar-refractivity contribution >= 4 is 34.4 Å². The quantitative estimate of drug-likeness (QED) is 0.424. The van der Waals surface area contributed by atoms with Crippen molar-refractivity contribution in [1.82, 2.24) is 10.1 Å². The van der Waals surface area contributed by atoms with Crippen LogP contribution in [-0.2, 0) is 4.74 Å². The molecule has 10 nitrogen and oxygen atoms in total. The Morgan fingerprint density at radius 1 is 0.973 bits per heavy atom. The van der Waals surface area contributed by atoms with Crippen LogP contribution in [0.1, 0.15) is 36.8 Å². The highest BCUT2D eigenvalue weighted by Gasteiger charge is 2.21. The van der Waals surface area contributed by atoms with Crippen molar-refractivity contribution in [2.75, 3.05) is 31.6 Å². The van der Waals surface area contributed by atoms with E-state index in [1.807, 2.05) is 24.3 Å². The number of hydrogen-bond donors (Lipinski definition) is 2. The number of rotatable bonds is 5. The molecular weight excluding hydrogens is 476 g/mol. The number of anilines is 1. The Hall–Kier alpha value is -5.01. The lowest BCUT2D eigenvalue weighted by Crippen LogP contribution is -2.40. The lowest BCUT2D eigenvalue weighted by Gasteiger charge is -2.26. The molecule has 5 rings (SSSR count). The topological polar surface area (TPSA) is 146 Å². The average molecular weight is 496 g/mol. The van der Waals surface area contributed by atoms with Crippen LogP contribution in [0.2, 0.25) is 0 Å². The molecule has 1 aliphatic rings. The second kappa shape index (κ2) is 9.93. The van der Waals surface area contributed by atoms with E-state index in [1.165, 1.54) is 18.2 Å². The van der Waals surface area contributed by atoms with Gasteiger partial charge in [-0.3, -0.25) is 9.59 Å². The molecule has 2 heterocycles. The Labute approximate surface area is 210 Å². The van der Waals surface area contributed by atoms with Gasteiger partial charge < -0.3 is 24.6 Å². The average Bonchev–Trinajstić information content (AvgIpc) is 3.37. The van der Waals surface area contributed by atoms with Gasteiger partial charge >= 0.3 is 5.97 Å². The summed E-state index contributed by atoms with van der Waals surface area (Å²) in [5.41, 5.74) is 2.59. The van der Waals surface area contributed by atoms with Gasteiger partial charge in [0.1, 0.15) is 5.52 Å². The van der Waals surface area contributed by atoms with Crippen molar-refractivity contribution in [2.45, 2.75) is 0 Å². The largest absolute Gasteiger partial charge is 0.478 e. The summed E-state index contributed by atoms with van der Waals surface area (Å²) < 4.78 is 10.6. The fourth-order valence-corrected chi connectivity index (χ4v) is 4.12. The smallest absolute Gasteiger partial charge is 0.337 e. The van der Waals surface area contributed by atoms with Crippen molar-refractivity contribution in [3.63, 3.8) is 0 Å². The number of fused-ring (bicyclic) bond motifs is 1. The van der Waals surface area contributed by atoms with Crippen LogP contribution in [0.3, 0.4) is 0 Å². The molecule has 37 heavy (non-hydrogen) atoms. The number of nitriles is 1. The minimum Gasteiger partial charge on any atom is -0.478 e. The first-order valence-electron chi connectivity index (χ1n) is 11.4. The molecular formula is C27H20N4O6. The third-order valence-corrected chi connectivity index (χ3v) is 6.07. The van der Waals surface area contributed by atoms with Gasteiger partial charge in [0.2, 0.25) is 5.76 Å². The van der Waals surface area contributed by atoms with E-state index in [-0.39, 0.29) is 28.5 Å². The van der Waals surface area contributed by atoms with Crippen molar-refractivity contribution in [3.05, 3.63) is 83.1 Å². The SMILES string of the molecule is N#Cc1ccc(NC(=O)c2onc3ccc(-c4ccc(C(=O)N5CCOCC5)cc4)cc23)c(C(=O)O)c1. The number of morpholine rings is 1. The highest BCUT2D eigenvalue weighted by molar-refractivity contribution is 6.12. The minimum atomic E-state index is -1.28. The highest BCUT2D eigenvalue weighted by Crippen LogP contribution is 2.28. The molecule has 3 aromatic carbocycles. The Morgan fingerprint density at radius 2 is 1.70 bits per heavy atom. The number of aromatic carboxylic acids is 1. The first kappa shape index (κ1) is 23.7. The summed E-state index contributed by atoms with van der Waals surface area (Å²) in [6, 6.07) is 18.3. The molecule has 2 N–H and O–H groups in total. The number of carbonyl (C=O) groups is 3. The third kappa shape index (κ3) is 4.76. The lowest BCUT2D eigenvalue weighted by molar-refractivity contribution is 0.0303. The van der Waals surface area contributed by atoms with Gasteiger partial charge in [-0.05, 0) is 53.6 Å². The molecule has 1 fully saturated rings. The molecule has 0 spiro atoms. The standard InChI is InChI=1S/C27H20N4O6/c28-15-16-1-7-22(21(13-16)27(34)35)29-25(32)24-20-14-19(6-8-23(20)30-37-24)17-2-4-18(5-3-17)26(33)31-9-11-36-12-10-31/h1-8,13-14H,9-12H2,(H,29,32)(H,34,35). The molecule has 0 unspecified atom stereocenters. The van der Waals surface area contributed by atoms with E-state index in [0.29, 0.717) is 42.8 Å². The number of hydrogen-bond acceptors (Lipinski definition) is 7. The number of benzene rings is 3. The van der Waals surface area contributed by atoms with Gasteiger partial charge in [-0.1, -0.05) is 23.4 Å². The predicted molar refractivity (Wildman–Crippen MR) is 132 cm³/mol. The fourth-order valence-electron chi connectivity index (χ4n) is 4.12. The number of aromatic nitrogens is 1. The molecule has 1 aromatic heterocycles. The zero-order valence-corrected chi connectivity index (χ0v) is 19.4. The lowest BCUT2D eigenvalue weighted by atomic mass is 10.0. The summed E-state index contributed by atoms with van der Waals surface area (Å²) in [6.45, 7) is 2.18. The maximum absolute atomic E-state index is 13.0. The number of nitrogens with zero attached hydrogens (tertiary/aromatic N) is 3. The molecule has 184 valence electrons. The summed E-state index contributed by atoms with van der Waals surface area (Å²) in [5.74, 6) is -2.10. The second-order valence-corrected chi connectivity index (χ2v) is 8.36. The normalized spacial score (nSPS) is 13.2. The van der Waals surface area contributed by atoms with Crippen molar-refractivity contribution in [3.8, 4) is 17.2 Å². The molecule has 1 aliphatic heterocycles. The Kier molecular flexibility index (Phi) is 6.36. The van der Waals surface area contributed by atoms with E-state index in [1.54, 1.807) is 29.2 Å². The Morgan fingerprint density at radius 3 is 2.41 bits per heavy atom. The highest BCUT2D eigenvalue weighted by atomic mass is 16.5. The summed E-state index contributed by atoms with van der Waals surface area (Å²) in [4.78, 5) is 39.1. The van der Waals surface area contributed by atoms with Crippen LogP contribution in [-0.4, -0.2) is 59.3 Å². The number of ether oxygens (including phenoxy) is 1. The van der Waals surface area contributed by atoms with Crippen molar-refractivity contribution < 1.29 is 28.8 Å². The predicted octanol–water partition coefficient (Wildman–Crippen LogP) is 3.79. The molecule has 4 aromatic rings. The zero-order valence-electron chi connectivity index (χ0n) is 19.4. The summed E-state index contributed by atoms with van der Waals surface area (Å²) in [5, 5.41) is 25.4. The number of amides is 2. The van der Waals surface area contributed by atoms with Crippen LogP contribution in [0.4, 0.5) is 5.69 Å².